The van der Waals surface area contributed by atoms with Gasteiger partial charge in [-0.2, -0.15) is 0 Å². The van der Waals surface area contributed by atoms with Gasteiger partial charge in [0.15, 0.2) is 0 Å². The average molecular weight is 298 g/mol. The highest BCUT2D eigenvalue weighted by molar-refractivity contribution is 7.11. The number of benzene rings is 1. The number of fused-ring (bicyclic) bond motifs is 1. The Labute approximate surface area is 130 Å². The third-order valence-electron chi connectivity index (χ3n) is 4.70. The van der Waals surface area contributed by atoms with Crippen LogP contribution in [0.1, 0.15) is 59.3 Å². The Morgan fingerprint density at radius 3 is 2.71 bits per heavy atom. The number of thiazole rings is 1. The van der Waals surface area contributed by atoms with Gasteiger partial charge in [-0.15, -0.1) is 11.3 Å². The Hall–Kier alpha value is -1.19. The van der Waals surface area contributed by atoms with Crippen molar-refractivity contribution >= 4 is 11.3 Å². The van der Waals surface area contributed by atoms with Crippen molar-refractivity contribution in [3.63, 3.8) is 0 Å². The smallest absolute Gasteiger partial charge is 0.111 e. The van der Waals surface area contributed by atoms with Gasteiger partial charge in [0.05, 0.1) is 11.7 Å². The van der Waals surface area contributed by atoms with E-state index in [0.29, 0.717) is 18.0 Å². The minimum atomic E-state index is 0.371. The molecule has 110 valence electrons. The number of hydrogen-bond acceptors (Lipinski definition) is 3. The zero-order valence-corrected chi connectivity index (χ0v) is 13.3. The van der Waals surface area contributed by atoms with Gasteiger partial charge in [0.2, 0.25) is 0 Å². The Kier molecular flexibility index (Phi) is 3.56. The Bertz CT molecular complexity index is 594. The molecule has 0 bridgehead atoms. The van der Waals surface area contributed by atoms with Gasteiger partial charge in [0, 0.05) is 16.8 Å². The normalized spacial score (nSPS) is 20.2. The van der Waals surface area contributed by atoms with Crippen molar-refractivity contribution in [1.82, 2.24) is 10.3 Å². The standard InChI is InChI=1S/C18H22N2S/c1-12(13-6-3-2-4-7-13)17(19-14-10-11-14)18-20-15-8-5-9-16(15)21-18/h2-4,6-7,12,14,17,19H,5,8-11H2,1H3. The number of aromatic nitrogens is 1. The predicted octanol–water partition coefficient (Wildman–Crippen LogP) is 4.23. The first-order valence-corrected chi connectivity index (χ1v) is 8.92. The number of nitrogens with zero attached hydrogens (tertiary/aromatic N) is 1. The summed E-state index contributed by atoms with van der Waals surface area (Å²) in [7, 11) is 0. The second kappa shape index (κ2) is 5.54. The van der Waals surface area contributed by atoms with E-state index >= 15 is 0 Å². The summed E-state index contributed by atoms with van der Waals surface area (Å²) in [5.41, 5.74) is 2.78. The number of aryl methyl sites for hydroxylation is 2. The Morgan fingerprint density at radius 1 is 1.19 bits per heavy atom. The Balaban J connectivity index is 1.63. The van der Waals surface area contributed by atoms with E-state index in [2.05, 4.69) is 42.6 Å². The highest BCUT2D eigenvalue weighted by Crippen LogP contribution is 2.38. The van der Waals surface area contributed by atoms with Gasteiger partial charge in [0.25, 0.3) is 0 Å². The van der Waals surface area contributed by atoms with Crippen LogP contribution < -0.4 is 5.32 Å². The molecule has 2 aliphatic carbocycles. The first-order chi connectivity index (χ1) is 10.3. The molecule has 1 fully saturated rings. The van der Waals surface area contributed by atoms with Crippen LogP contribution in [0.15, 0.2) is 30.3 Å². The third-order valence-corrected chi connectivity index (χ3v) is 5.94. The van der Waals surface area contributed by atoms with Gasteiger partial charge in [-0.25, -0.2) is 4.98 Å². The van der Waals surface area contributed by atoms with E-state index in [-0.39, 0.29) is 0 Å². The summed E-state index contributed by atoms with van der Waals surface area (Å²) < 4.78 is 0. The highest BCUT2D eigenvalue weighted by atomic mass is 32.1. The van der Waals surface area contributed by atoms with Crippen molar-refractivity contribution < 1.29 is 0 Å². The quantitative estimate of drug-likeness (QED) is 0.893. The molecule has 0 saturated heterocycles. The molecule has 2 nitrogen and oxygen atoms in total. The van der Waals surface area contributed by atoms with Crippen LogP contribution in [0.3, 0.4) is 0 Å². The molecule has 4 rings (SSSR count). The maximum atomic E-state index is 4.97. The van der Waals surface area contributed by atoms with Crippen molar-refractivity contribution in [2.75, 3.05) is 0 Å². The lowest BCUT2D eigenvalue weighted by molar-refractivity contribution is 0.460. The van der Waals surface area contributed by atoms with Gasteiger partial charge in [-0.05, 0) is 37.7 Å². The van der Waals surface area contributed by atoms with Gasteiger partial charge in [-0.3, -0.25) is 0 Å². The van der Waals surface area contributed by atoms with Crippen LogP contribution >= 0.6 is 11.3 Å². The summed E-state index contributed by atoms with van der Waals surface area (Å²) in [6.45, 7) is 2.34. The van der Waals surface area contributed by atoms with E-state index < -0.39 is 0 Å². The van der Waals surface area contributed by atoms with Crippen molar-refractivity contribution in [1.29, 1.82) is 0 Å². The molecule has 0 amide bonds. The second-order valence-corrected chi connectivity index (χ2v) is 7.51. The zero-order valence-electron chi connectivity index (χ0n) is 12.5. The highest BCUT2D eigenvalue weighted by Gasteiger charge is 2.32. The molecule has 2 aromatic rings. The Morgan fingerprint density at radius 2 is 2.00 bits per heavy atom. The van der Waals surface area contributed by atoms with Gasteiger partial charge in [0.1, 0.15) is 5.01 Å². The first kappa shape index (κ1) is 13.5. The molecule has 2 atom stereocenters. The summed E-state index contributed by atoms with van der Waals surface area (Å²) in [4.78, 5) is 6.51. The van der Waals surface area contributed by atoms with Crippen LogP contribution in [0.2, 0.25) is 0 Å². The molecule has 1 saturated carbocycles. The zero-order chi connectivity index (χ0) is 14.2. The SMILES string of the molecule is CC(c1ccccc1)C(NC1CC1)c1nc2c(s1)CCC2. The van der Waals surface area contributed by atoms with Gasteiger partial charge >= 0.3 is 0 Å². The third kappa shape index (κ3) is 2.77. The summed E-state index contributed by atoms with van der Waals surface area (Å²) in [6, 6.07) is 11.9. The summed E-state index contributed by atoms with van der Waals surface area (Å²) in [6.07, 6.45) is 6.36. The maximum Gasteiger partial charge on any atom is 0.111 e. The van der Waals surface area contributed by atoms with E-state index in [4.69, 9.17) is 4.98 Å². The van der Waals surface area contributed by atoms with Crippen LogP contribution in [-0.2, 0) is 12.8 Å². The van der Waals surface area contributed by atoms with E-state index in [1.807, 2.05) is 11.3 Å². The molecule has 0 spiro atoms. The molecule has 0 aliphatic heterocycles. The predicted molar refractivity (Wildman–Crippen MR) is 87.9 cm³/mol. The van der Waals surface area contributed by atoms with Gasteiger partial charge in [-0.1, -0.05) is 37.3 Å². The van der Waals surface area contributed by atoms with Crippen molar-refractivity contribution in [2.24, 2.45) is 0 Å². The maximum absolute atomic E-state index is 4.97. The largest absolute Gasteiger partial charge is 0.305 e. The number of rotatable bonds is 5. The summed E-state index contributed by atoms with van der Waals surface area (Å²) in [5, 5.41) is 5.15. The molecule has 0 radical (unpaired) electrons. The topological polar surface area (TPSA) is 24.9 Å². The van der Waals surface area contributed by atoms with Crippen LogP contribution in [0.4, 0.5) is 0 Å². The van der Waals surface area contributed by atoms with Crippen LogP contribution in [-0.4, -0.2) is 11.0 Å². The molecule has 21 heavy (non-hydrogen) atoms. The fourth-order valence-electron chi connectivity index (χ4n) is 3.23. The lowest BCUT2D eigenvalue weighted by Gasteiger charge is -2.24. The molecule has 1 heterocycles. The molecule has 2 aliphatic rings. The van der Waals surface area contributed by atoms with E-state index in [0.717, 1.165) is 0 Å². The number of hydrogen-bond donors (Lipinski definition) is 1. The van der Waals surface area contributed by atoms with Crippen molar-refractivity contribution in [2.45, 2.75) is 57.0 Å². The average Bonchev–Trinajstić information content (AvgIpc) is 3.08. The van der Waals surface area contributed by atoms with E-state index in [9.17, 15) is 0 Å². The fourth-order valence-corrected chi connectivity index (χ4v) is 4.55. The minimum Gasteiger partial charge on any atom is -0.305 e. The fraction of sp³-hybridized carbons (Fsp3) is 0.500. The van der Waals surface area contributed by atoms with E-state index in [1.54, 1.807) is 0 Å². The first-order valence-electron chi connectivity index (χ1n) is 8.11. The molecule has 3 heteroatoms. The van der Waals surface area contributed by atoms with Crippen LogP contribution in [0.5, 0.6) is 0 Å². The molecule has 2 unspecified atom stereocenters. The molecule has 1 aromatic carbocycles. The molecular formula is C18H22N2S. The molecular weight excluding hydrogens is 276 g/mol. The van der Waals surface area contributed by atoms with Crippen molar-refractivity contribution in [3.8, 4) is 0 Å². The van der Waals surface area contributed by atoms with Crippen LogP contribution in [0, 0.1) is 0 Å². The summed E-state index contributed by atoms with van der Waals surface area (Å²) in [5.74, 6) is 0.470. The second-order valence-electron chi connectivity index (χ2n) is 6.39. The molecule has 1 N–H and O–H groups in total. The van der Waals surface area contributed by atoms with Gasteiger partial charge < -0.3 is 5.32 Å². The van der Waals surface area contributed by atoms with Crippen molar-refractivity contribution in [3.05, 3.63) is 51.5 Å². The lowest BCUT2D eigenvalue weighted by Crippen LogP contribution is -2.27. The monoisotopic (exact) mass is 298 g/mol. The molecule has 1 aromatic heterocycles. The number of nitrogens with one attached hydrogen (secondary N) is 1. The minimum absolute atomic E-state index is 0.371. The summed E-state index contributed by atoms with van der Waals surface area (Å²) >= 11 is 1.95. The van der Waals surface area contributed by atoms with E-state index in [1.165, 1.54) is 53.2 Å². The lowest BCUT2D eigenvalue weighted by atomic mass is 9.93. The van der Waals surface area contributed by atoms with Crippen LogP contribution in [0.25, 0.3) is 0 Å².